The van der Waals surface area contributed by atoms with E-state index in [2.05, 4.69) is 5.10 Å². The molecule has 3 heterocycles. The number of carbonyl (C=O) groups excluding carboxylic acids is 2. The summed E-state index contributed by atoms with van der Waals surface area (Å²) in [4.78, 5) is 41.5. The minimum atomic E-state index is -4.87. The van der Waals surface area contributed by atoms with Gasteiger partial charge < -0.3 is 19.4 Å². The summed E-state index contributed by atoms with van der Waals surface area (Å²) in [5.74, 6) is -0.247. The number of aromatic amines is 1. The number of nitrogens with one attached hydrogen (secondary N) is 1. The van der Waals surface area contributed by atoms with Crippen molar-refractivity contribution in [1.82, 2.24) is 20.0 Å². The maximum Gasteiger partial charge on any atom is 0.423 e. The maximum absolute atomic E-state index is 13.7. The van der Waals surface area contributed by atoms with Gasteiger partial charge in [0.1, 0.15) is 5.56 Å². The summed E-state index contributed by atoms with van der Waals surface area (Å²) in [5.41, 5.74) is -1.37. The molecule has 0 bridgehead atoms. The van der Waals surface area contributed by atoms with Crippen LogP contribution in [0.4, 0.5) is 18.9 Å². The van der Waals surface area contributed by atoms with Crippen molar-refractivity contribution in [2.45, 2.75) is 38.0 Å². The molecule has 1 N–H and O–H groups in total. The molecule has 38 heavy (non-hydrogen) atoms. The molecule has 1 aromatic carbocycles. The lowest BCUT2D eigenvalue weighted by Crippen LogP contribution is -2.50. The third kappa shape index (κ3) is 5.96. The SMILES string of the molecule is N#CCCC(=O)N1CCN(C(=O)CCOCC2c3ccccc3CN2c2cn[nH]c(=O)c2C(F)(F)F)CC1. The van der Waals surface area contributed by atoms with Gasteiger partial charge in [-0.1, -0.05) is 24.3 Å². The number of piperazine rings is 1. The minimum Gasteiger partial charge on any atom is -0.378 e. The first kappa shape index (κ1) is 27.1. The second-order valence-electron chi connectivity index (χ2n) is 9.04. The maximum atomic E-state index is 13.7. The Morgan fingerprint density at radius 1 is 1.11 bits per heavy atom. The van der Waals surface area contributed by atoms with E-state index in [-0.39, 0.29) is 56.5 Å². The summed E-state index contributed by atoms with van der Waals surface area (Å²) in [6, 6.07) is 8.53. The smallest absolute Gasteiger partial charge is 0.378 e. The monoisotopic (exact) mass is 532 g/mol. The van der Waals surface area contributed by atoms with Crippen LogP contribution >= 0.6 is 0 Å². The van der Waals surface area contributed by atoms with E-state index < -0.39 is 23.3 Å². The molecule has 1 saturated heterocycles. The van der Waals surface area contributed by atoms with E-state index >= 15 is 0 Å². The molecule has 2 aromatic rings. The number of fused-ring (bicyclic) bond motifs is 1. The fourth-order valence-electron chi connectivity index (χ4n) is 4.82. The van der Waals surface area contributed by atoms with Crippen molar-refractivity contribution in [2.75, 3.05) is 44.3 Å². The van der Waals surface area contributed by atoms with Gasteiger partial charge in [-0.2, -0.15) is 23.5 Å². The molecule has 202 valence electrons. The van der Waals surface area contributed by atoms with Crippen LogP contribution in [0, 0.1) is 11.3 Å². The number of hydrogen-bond acceptors (Lipinski definition) is 7. The summed E-state index contributed by atoms with van der Waals surface area (Å²) in [6.45, 7) is 1.79. The predicted octanol–water partition coefficient (Wildman–Crippen LogP) is 2.23. The van der Waals surface area contributed by atoms with Crippen molar-refractivity contribution in [3.8, 4) is 6.07 Å². The summed E-state index contributed by atoms with van der Waals surface area (Å²) in [7, 11) is 0. The van der Waals surface area contributed by atoms with Crippen molar-refractivity contribution in [2.24, 2.45) is 0 Å². The van der Waals surface area contributed by atoms with Gasteiger partial charge in [-0.15, -0.1) is 0 Å². The number of hydrogen-bond donors (Lipinski definition) is 1. The number of H-pyrrole nitrogens is 1. The van der Waals surface area contributed by atoms with Crippen LogP contribution in [0.25, 0.3) is 0 Å². The lowest BCUT2D eigenvalue weighted by Gasteiger charge is -2.35. The fraction of sp³-hybridized carbons (Fsp3) is 0.480. The Bertz CT molecular complexity index is 1270. The van der Waals surface area contributed by atoms with Crippen molar-refractivity contribution < 1.29 is 27.5 Å². The topological polar surface area (TPSA) is 123 Å². The Labute approximate surface area is 216 Å². The van der Waals surface area contributed by atoms with Crippen LogP contribution in [-0.2, 0) is 27.0 Å². The highest BCUT2D eigenvalue weighted by Gasteiger charge is 2.41. The van der Waals surface area contributed by atoms with Gasteiger partial charge in [0.05, 0.1) is 43.6 Å². The number of rotatable bonds is 8. The van der Waals surface area contributed by atoms with Crippen LogP contribution in [-0.4, -0.2) is 71.2 Å². The van der Waals surface area contributed by atoms with Crippen molar-refractivity contribution in [3.05, 3.63) is 57.5 Å². The number of carbonyl (C=O) groups is 2. The molecule has 0 radical (unpaired) electrons. The van der Waals surface area contributed by atoms with E-state index in [1.54, 1.807) is 28.0 Å². The lowest BCUT2D eigenvalue weighted by atomic mass is 10.1. The van der Waals surface area contributed by atoms with E-state index in [9.17, 15) is 27.6 Å². The Kier molecular flexibility index (Phi) is 8.31. The number of amides is 2. The van der Waals surface area contributed by atoms with Crippen LogP contribution < -0.4 is 10.5 Å². The van der Waals surface area contributed by atoms with E-state index in [4.69, 9.17) is 10.00 Å². The zero-order valence-corrected chi connectivity index (χ0v) is 20.5. The second kappa shape index (κ2) is 11.6. The highest BCUT2D eigenvalue weighted by molar-refractivity contribution is 5.78. The molecule has 1 unspecified atom stereocenters. The average molecular weight is 533 g/mol. The molecule has 2 aliphatic heterocycles. The van der Waals surface area contributed by atoms with E-state index in [0.717, 1.165) is 17.3 Å². The molecular weight excluding hydrogens is 505 g/mol. The normalized spacial score (nSPS) is 17.3. The molecule has 0 aliphatic carbocycles. The van der Waals surface area contributed by atoms with Crippen LogP contribution in [0.2, 0.25) is 0 Å². The first-order valence-electron chi connectivity index (χ1n) is 12.2. The number of ether oxygens (including phenoxy) is 1. The molecule has 1 fully saturated rings. The highest BCUT2D eigenvalue weighted by Crippen LogP contribution is 2.42. The van der Waals surface area contributed by atoms with Gasteiger partial charge >= 0.3 is 6.18 Å². The van der Waals surface area contributed by atoms with Crippen molar-refractivity contribution in [3.63, 3.8) is 0 Å². The third-order valence-corrected chi connectivity index (χ3v) is 6.73. The minimum absolute atomic E-state index is 0.00949. The van der Waals surface area contributed by atoms with Crippen molar-refractivity contribution >= 4 is 17.5 Å². The third-order valence-electron chi connectivity index (χ3n) is 6.73. The van der Waals surface area contributed by atoms with Crippen LogP contribution in [0.15, 0.2) is 35.3 Å². The lowest BCUT2D eigenvalue weighted by molar-refractivity contribution is -0.140. The highest BCUT2D eigenvalue weighted by atomic mass is 19.4. The van der Waals surface area contributed by atoms with Gasteiger partial charge in [-0.25, -0.2) is 5.10 Å². The molecule has 2 amide bonds. The largest absolute Gasteiger partial charge is 0.423 e. The van der Waals surface area contributed by atoms with E-state index in [1.807, 2.05) is 17.2 Å². The standard InChI is InChI=1S/C25H27F3N6O4/c26-25(27,28)23-19(14-30-31-24(23)37)34-15-17-4-1-2-5-18(17)20(34)16-38-13-7-22(36)33-11-9-32(10-12-33)21(35)6-3-8-29/h1-2,4-5,14,20H,3,6-7,9-13,15-16H2,(H,31,37). The molecule has 2 aliphatic rings. The van der Waals surface area contributed by atoms with Crippen LogP contribution in [0.5, 0.6) is 0 Å². The molecule has 10 nitrogen and oxygen atoms in total. The second-order valence-corrected chi connectivity index (χ2v) is 9.04. The zero-order valence-electron chi connectivity index (χ0n) is 20.5. The van der Waals surface area contributed by atoms with E-state index in [1.165, 1.54) is 4.90 Å². The summed E-state index contributed by atoms with van der Waals surface area (Å²) < 4.78 is 47.0. The summed E-state index contributed by atoms with van der Waals surface area (Å²) >= 11 is 0. The molecule has 4 rings (SSSR count). The number of anilines is 1. The quantitative estimate of drug-likeness (QED) is 0.518. The predicted molar refractivity (Wildman–Crippen MR) is 129 cm³/mol. The first-order chi connectivity index (χ1) is 18.2. The van der Waals surface area contributed by atoms with Crippen LogP contribution in [0.1, 0.15) is 42.0 Å². The molecule has 0 saturated carbocycles. The van der Waals surface area contributed by atoms with Gasteiger partial charge in [0.25, 0.3) is 5.56 Å². The number of nitriles is 1. The number of aromatic nitrogens is 2. The molecule has 1 atom stereocenters. The zero-order chi connectivity index (χ0) is 27.3. The Balaban J connectivity index is 1.36. The van der Waals surface area contributed by atoms with Gasteiger partial charge in [0.2, 0.25) is 11.8 Å². The Hall–Kier alpha value is -3.92. The molecular formula is C25H27F3N6O4. The number of halogens is 3. The van der Waals surface area contributed by atoms with Gasteiger partial charge in [0.15, 0.2) is 0 Å². The number of benzene rings is 1. The van der Waals surface area contributed by atoms with Gasteiger partial charge in [-0.3, -0.25) is 14.4 Å². The Morgan fingerprint density at radius 3 is 2.42 bits per heavy atom. The number of alkyl halides is 3. The van der Waals surface area contributed by atoms with Crippen LogP contribution in [0.3, 0.4) is 0 Å². The molecule has 13 heteroatoms. The molecule has 1 aromatic heterocycles. The van der Waals surface area contributed by atoms with E-state index in [0.29, 0.717) is 26.2 Å². The number of nitrogens with zero attached hydrogens (tertiary/aromatic N) is 5. The fourth-order valence-corrected chi connectivity index (χ4v) is 4.82. The van der Waals surface area contributed by atoms with Gasteiger partial charge in [-0.05, 0) is 11.1 Å². The molecule has 0 spiro atoms. The first-order valence-corrected chi connectivity index (χ1v) is 12.2. The van der Waals surface area contributed by atoms with Crippen molar-refractivity contribution in [1.29, 1.82) is 5.26 Å². The van der Waals surface area contributed by atoms with Gasteiger partial charge in [0, 0.05) is 45.6 Å². The average Bonchev–Trinajstić information content (AvgIpc) is 3.27. The summed E-state index contributed by atoms with van der Waals surface area (Å²) in [5, 5.41) is 14.1. The summed E-state index contributed by atoms with van der Waals surface area (Å²) in [6.07, 6.45) is -3.47. The Morgan fingerprint density at radius 2 is 1.76 bits per heavy atom.